The third-order valence-corrected chi connectivity index (χ3v) is 1.53. The third kappa shape index (κ3) is 7.51. The molecule has 0 bridgehead atoms. The third-order valence-electron chi connectivity index (χ3n) is 1.53. The summed E-state index contributed by atoms with van der Waals surface area (Å²) in [4.78, 5) is 2.10. The Hall–Kier alpha value is -0.600. The molecule has 0 saturated carbocycles. The zero-order valence-electron chi connectivity index (χ0n) is 8.34. The molecule has 12 heavy (non-hydrogen) atoms. The van der Waals surface area contributed by atoms with Crippen LogP contribution in [0.2, 0.25) is 0 Å². The largest absolute Gasteiger partial charge is 0.376 e. The van der Waals surface area contributed by atoms with Crippen molar-refractivity contribution in [2.45, 2.75) is 6.92 Å². The van der Waals surface area contributed by atoms with Gasteiger partial charge < -0.3 is 9.64 Å². The number of allylic oxidation sites excluding steroid dienone is 2. The smallest absolute Gasteiger partial charge is 0.0653 e. The van der Waals surface area contributed by atoms with E-state index in [4.69, 9.17) is 4.74 Å². The van der Waals surface area contributed by atoms with Crippen molar-refractivity contribution in [2.75, 3.05) is 33.9 Å². The van der Waals surface area contributed by atoms with Gasteiger partial charge in [0.25, 0.3) is 0 Å². The van der Waals surface area contributed by atoms with Gasteiger partial charge in [-0.3, -0.25) is 0 Å². The summed E-state index contributed by atoms with van der Waals surface area (Å²) in [5, 5.41) is 0. The van der Waals surface area contributed by atoms with Gasteiger partial charge in [0, 0.05) is 6.54 Å². The second kappa shape index (κ2) is 7.07. The SMILES string of the molecule is C=C/C(C)=C/COCCN(C)C. The molecule has 0 fully saturated rings. The Balaban J connectivity index is 3.27. The summed E-state index contributed by atoms with van der Waals surface area (Å²) in [5.41, 5.74) is 1.17. The van der Waals surface area contributed by atoms with Crippen molar-refractivity contribution >= 4 is 0 Å². The molecule has 0 aliphatic rings. The van der Waals surface area contributed by atoms with Gasteiger partial charge in [-0.25, -0.2) is 0 Å². The Morgan fingerprint density at radius 1 is 1.50 bits per heavy atom. The lowest BCUT2D eigenvalue weighted by Crippen LogP contribution is -2.17. The fourth-order valence-electron chi connectivity index (χ4n) is 0.604. The van der Waals surface area contributed by atoms with E-state index in [0.29, 0.717) is 6.61 Å². The van der Waals surface area contributed by atoms with Crippen LogP contribution in [-0.4, -0.2) is 38.8 Å². The predicted octanol–water partition coefficient (Wildman–Crippen LogP) is 1.70. The number of hydrogen-bond donors (Lipinski definition) is 0. The normalized spacial score (nSPS) is 12.2. The van der Waals surface area contributed by atoms with Gasteiger partial charge >= 0.3 is 0 Å². The molecule has 0 N–H and O–H groups in total. The zero-order chi connectivity index (χ0) is 9.40. The maximum absolute atomic E-state index is 5.35. The molecule has 0 aromatic heterocycles. The predicted molar refractivity (Wildman–Crippen MR) is 53.3 cm³/mol. The van der Waals surface area contributed by atoms with Gasteiger partial charge in [0.05, 0.1) is 13.2 Å². The zero-order valence-corrected chi connectivity index (χ0v) is 8.34. The number of ether oxygens (including phenoxy) is 1. The van der Waals surface area contributed by atoms with E-state index in [1.807, 2.05) is 33.2 Å². The van der Waals surface area contributed by atoms with Crippen LogP contribution in [0.3, 0.4) is 0 Å². The van der Waals surface area contributed by atoms with Crippen molar-refractivity contribution in [1.29, 1.82) is 0 Å². The average molecular weight is 169 g/mol. The number of likely N-dealkylation sites (N-methyl/N-ethyl adjacent to an activating group) is 1. The lowest BCUT2D eigenvalue weighted by Gasteiger charge is -2.08. The first-order valence-corrected chi connectivity index (χ1v) is 4.18. The topological polar surface area (TPSA) is 12.5 Å². The molecule has 0 atom stereocenters. The first-order valence-electron chi connectivity index (χ1n) is 4.18. The van der Waals surface area contributed by atoms with Gasteiger partial charge in [0.2, 0.25) is 0 Å². The summed E-state index contributed by atoms with van der Waals surface area (Å²) in [6, 6.07) is 0. The molecule has 0 aromatic rings. The molecule has 2 nitrogen and oxygen atoms in total. The molecule has 0 unspecified atom stereocenters. The van der Waals surface area contributed by atoms with E-state index in [9.17, 15) is 0 Å². The lowest BCUT2D eigenvalue weighted by molar-refractivity contribution is 0.141. The fourth-order valence-corrected chi connectivity index (χ4v) is 0.604. The Bertz CT molecular complexity index is 150. The summed E-state index contributed by atoms with van der Waals surface area (Å²) >= 11 is 0. The van der Waals surface area contributed by atoms with E-state index in [1.54, 1.807) is 0 Å². The molecule has 0 rings (SSSR count). The number of hydrogen-bond acceptors (Lipinski definition) is 2. The van der Waals surface area contributed by atoms with Crippen LogP contribution in [0.25, 0.3) is 0 Å². The molecule has 0 aliphatic heterocycles. The monoisotopic (exact) mass is 169 g/mol. The highest BCUT2D eigenvalue weighted by molar-refractivity contribution is 5.12. The molecule has 0 aliphatic carbocycles. The minimum atomic E-state index is 0.686. The van der Waals surface area contributed by atoms with Crippen LogP contribution in [0, 0.1) is 0 Å². The van der Waals surface area contributed by atoms with Crippen LogP contribution in [0.1, 0.15) is 6.92 Å². The molecule has 70 valence electrons. The summed E-state index contributed by atoms with van der Waals surface area (Å²) in [6.45, 7) is 8.12. The fraction of sp³-hybridized carbons (Fsp3) is 0.600. The Labute approximate surface area is 75.5 Å². The summed E-state index contributed by atoms with van der Waals surface area (Å²) in [6.07, 6.45) is 3.86. The van der Waals surface area contributed by atoms with Gasteiger partial charge in [-0.15, -0.1) is 0 Å². The molecule has 0 spiro atoms. The van der Waals surface area contributed by atoms with E-state index in [2.05, 4.69) is 11.5 Å². The molecular weight excluding hydrogens is 150 g/mol. The van der Waals surface area contributed by atoms with Gasteiger partial charge in [-0.1, -0.05) is 24.3 Å². The van der Waals surface area contributed by atoms with Crippen molar-refractivity contribution in [3.8, 4) is 0 Å². The van der Waals surface area contributed by atoms with E-state index in [1.165, 1.54) is 5.57 Å². The summed E-state index contributed by atoms with van der Waals surface area (Å²) < 4.78 is 5.35. The molecule has 0 aromatic carbocycles. The first-order chi connectivity index (χ1) is 5.66. The quantitative estimate of drug-likeness (QED) is 0.443. The first kappa shape index (κ1) is 11.4. The van der Waals surface area contributed by atoms with E-state index < -0.39 is 0 Å². The van der Waals surface area contributed by atoms with Crippen molar-refractivity contribution < 1.29 is 4.74 Å². The van der Waals surface area contributed by atoms with Crippen LogP contribution in [0.15, 0.2) is 24.3 Å². The van der Waals surface area contributed by atoms with Gasteiger partial charge in [-0.05, 0) is 21.0 Å². The summed E-state index contributed by atoms with van der Waals surface area (Å²) in [5.74, 6) is 0. The minimum Gasteiger partial charge on any atom is -0.376 e. The van der Waals surface area contributed by atoms with Gasteiger partial charge in [0.15, 0.2) is 0 Å². The van der Waals surface area contributed by atoms with Crippen LogP contribution >= 0.6 is 0 Å². The van der Waals surface area contributed by atoms with E-state index in [0.717, 1.165) is 13.2 Å². The van der Waals surface area contributed by atoms with E-state index >= 15 is 0 Å². The molecule has 0 heterocycles. The maximum atomic E-state index is 5.35. The second-order valence-corrected chi connectivity index (χ2v) is 3.03. The molecule has 0 radical (unpaired) electrons. The van der Waals surface area contributed by atoms with Crippen LogP contribution in [0.4, 0.5) is 0 Å². The highest BCUT2D eigenvalue weighted by atomic mass is 16.5. The maximum Gasteiger partial charge on any atom is 0.0653 e. The lowest BCUT2D eigenvalue weighted by atomic mass is 10.3. The van der Waals surface area contributed by atoms with Crippen molar-refractivity contribution in [3.05, 3.63) is 24.3 Å². The minimum absolute atomic E-state index is 0.686. The Morgan fingerprint density at radius 2 is 2.17 bits per heavy atom. The highest BCUT2D eigenvalue weighted by Crippen LogP contribution is 1.91. The molecular formula is C10H19NO. The Kier molecular flexibility index (Phi) is 6.72. The Morgan fingerprint density at radius 3 is 2.67 bits per heavy atom. The van der Waals surface area contributed by atoms with Crippen LogP contribution < -0.4 is 0 Å². The average Bonchev–Trinajstić information content (AvgIpc) is 2.03. The van der Waals surface area contributed by atoms with Gasteiger partial charge in [-0.2, -0.15) is 0 Å². The van der Waals surface area contributed by atoms with Crippen molar-refractivity contribution in [3.63, 3.8) is 0 Å². The number of nitrogens with zero attached hydrogens (tertiary/aromatic N) is 1. The van der Waals surface area contributed by atoms with Crippen molar-refractivity contribution in [1.82, 2.24) is 4.90 Å². The van der Waals surface area contributed by atoms with Crippen molar-refractivity contribution in [2.24, 2.45) is 0 Å². The van der Waals surface area contributed by atoms with Crippen LogP contribution in [-0.2, 0) is 4.74 Å². The molecule has 0 amide bonds. The molecule has 0 saturated heterocycles. The summed E-state index contributed by atoms with van der Waals surface area (Å²) in [7, 11) is 4.07. The van der Waals surface area contributed by atoms with Crippen LogP contribution in [0.5, 0.6) is 0 Å². The highest BCUT2D eigenvalue weighted by Gasteiger charge is 1.88. The molecule has 2 heteroatoms. The van der Waals surface area contributed by atoms with E-state index in [-0.39, 0.29) is 0 Å². The standard InChI is InChI=1S/C10H19NO/c1-5-10(2)6-8-12-9-7-11(3)4/h5-6H,1,7-9H2,2-4H3/b10-6+. The second-order valence-electron chi connectivity index (χ2n) is 3.03. The number of rotatable bonds is 6. The van der Waals surface area contributed by atoms with Gasteiger partial charge in [0.1, 0.15) is 0 Å².